The highest BCUT2D eigenvalue weighted by atomic mass is 16.7. The summed E-state index contributed by atoms with van der Waals surface area (Å²) in [4.78, 5) is 0. The lowest BCUT2D eigenvalue weighted by Crippen LogP contribution is -2.28. The van der Waals surface area contributed by atoms with E-state index in [-0.39, 0.29) is 6.79 Å². The lowest BCUT2D eigenvalue weighted by molar-refractivity contribution is -0.642. The third-order valence-electron chi connectivity index (χ3n) is 4.71. The van der Waals surface area contributed by atoms with Crippen LogP contribution >= 0.6 is 0 Å². The molecule has 0 amide bonds. The topological polar surface area (TPSA) is 31.6 Å². The SMILES string of the molecule is COc1cc2cc3c(cc2c2c1c1ccccc1c[n+]2C)OCO3. The van der Waals surface area contributed by atoms with Gasteiger partial charge in [0, 0.05) is 10.8 Å². The van der Waals surface area contributed by atoms with E-state index in [1.54, 1.807) is 7.11 Å². The van der Waals surface area contributed by atoms with Gasteiger partial charge in [0.05, 0.1) is 17.9 Å². The van der Waals surface area contributed by atoms with Crippen molar-refractivity contribution in [1.82, 2.24) is 0 Å². The van der Waals surface area contributed by atoms with E-state index in [4.69, 9.17) is 14.2 Å². The van der Waals surface area contributed by atoms with Crippen molar-refractivity contribution < 1.29 is 18.8 Å². The number of ether oxygens (including phenoxy) is 3. The number of aromatic nitrogens is 1. The minimum absolute atomic E-state index is 0.274. The fraction of sp³-hybridized carbons (Fsp3) is 0.150. The number of aryl methyl sites for hydroxylation is 1. The van der Waals surface area contributed by atoms with Crippen molar-refractivity contribution >= 4 is 32.4 Å². The second kappa shape index (κ2) is 4.74. The first-order valence-corrected chi connectivity index (χ1v) is 7.88. The fourth-order valence-electron chi connectivity index (χ4n) is 3.65. The van der Waals surface area contributed by atoms with Crippen molar-refractivity contribution in [3.05, 3.63) is 48.7 Å². The Morgan fingerprint density at radius 2 is 1.75 bits per heavy atom. The summed E-state index contributed by atoms with van der Waals surface area (Å²) < 4.78 is 19.0. The Balaban J connectivity index is 2.06. The summed E-state index contributed by atoms with van der Waals surface area (Å²) in [6, 6.07) is 14.5. The molecule has 0 N–H and O–H groups in total. The summed E-state index contributed by atoms with van der Waals surface area (Å²) in [7, 11) is 3.79. The Hall–Kier alpha value is -3.01. The molecule has 0 saturated carbocycles. The summed E-state index contributed by atoms with van der Waals surface area (Å²) in [6.45, 7) is 0.274. The maximum Gasteiger partial charge on any atom is 0.231 e. The van der Waals surface area contributed by atoms with Crippen molar-refractivity contribution in [1.29, 1.82) is 0 Å². The number of rotatable bonds is 1. The normalized spacial score (nSPS) is 13.1. The van der Waals surface area contributed by atoms with Gasteiger partial charge in [-0.2, -0.15) is 4.57 Å². The minimum Gasteiger partial charge on any atom is -0.496 e. The highest BCUT2D eigenvalue weighted by molar-refractivity contribution is 6.16. The molecule has 4 nitrogen and oxygen atoms in total. The van der Waals surface area contributed by atoms with Crippen LogP contribution in [0.1, 0.15) is 0 Å². The van der Waals surface area contributed by atoms with Crippen LogP contribution in [-0.4, -0.2) is 13.9 Å². The van der Waals surface area contributed by atoms with E-state index in [1.165, 1.54) is 10.8 Å². The standard InChI is InChI=1S/C20H16NO3/c1-21-10-12-5-3-4-6-14(12)19-18(22-2)8-13-7-16-17(24-11-23-16)9-15(13)20(19)21/h3-10H,11H2,1-2H3/q+1. The minimum atomic E-state index is 0.274. The molecule has 0 radical (unpaired) electrons. The molecular weight excluding hydrogens is 302 g/mol. The first-order valence-electron chi connectivity index (χ1n) is 7.88. The number of benzene rings is 3. The second-order valence-electron chi connectivity index (χ2n) is 6.06. The van der Waals surface area contributed by atoms with Crippen molar-refractivity contribution in [3.63, 3.8) is 0 Å². The number of methoxy groups -OCH3 is 1. The zero-order valence-electron chi connectivity index (χ0n) is 13.5. The van der Waals surface area contributed by atoms with Gasteiger partial charge in [-0.1, -0.05) is 18.2 Å². The van der Waals surface area contributed by atoms with Crippen LogP contribution in [0.5, 0.6) is 17.2 Å². The summed E-state index contributed by atoms with van der Waals surface area (Å²) in [5.74, 6) is 2.44. The Morgan fingerprint density at radius 3 is 2.58 bits per heavy atom. The molecule has 3 aromatic carbocycles. The molecule has 1 aliphatic heterocycles. The van der Waals surface area contributed by atoms with Crippen LogP contribution in [0.2, 0.25) is 0 Å². The largest absolute Gasteiger partial charge is 0.496 e. The zero-order valence-corrected chi connectivity index (χ0v) is 13.5. The van der Waals surface area contributed by atoms with Crippen LogP contribution in [0.4, 0.5) is 0 Å². The van der Waals surface area contributed by atoms with E-state index >= 15 is 0 Å². The number of pyridine rings is 1. The average molecular weight is 318 g/mol. The number of nitrogens with zero attached hydrogens (tertiary/aromatic N) is 1. The fourth-order valence-corrected chi connectivity index (χ4v) is 3.65. The Labute approximate surface area is 138 Å². The van der Waals surface area contributed by atoms with Gasteiger partial charge in [0.2, 0.25) is 12.3 Å². The van der Waals surface area contributed by atoms with Crippen molar-refractivity contribution in [2.24, 2.45) is 7.05 Å². The van der Waals surface area contributed by atoms with Crippen LogP contribution in [0, 0.1) is 0 Å². The first kappa shape index (κ1) is 13.4. The molecule has 2 heterocycles. The summed E-state index contributed by atoms with van der Waals surface area (Å²) in [5.41, 5.74) is 1.13. The molecular formula is C20H16NO3+. The van der Waals surface area contributed by atoms with Crippen LogP contribution in [0.25, 0.3) is 32.4 Å². The van der Waals surface area contributed by atoms with E-state index in [0.717, 1.165) is 38.9 Å². The van der Waals surface area contributed by atoms with Crippen LogP contribution in [-0.2, 0) is 7.05 Å². The molecule has 1 aromatic heterocycles. The Kier molecular flexibility index (Phi) is 2.65. The molecule has 0 fully saturated rings. The second-order valence-corrected chi connectivity index (χ2v) is 6.06. The molecule has 0 bridgehead atoms. The van der Waals surface area contributed by atoms with Gasteiger partial charge >= 0.3 is 0 Å². The lowest BCUT2D eigenvalue weighted by atomic mass is 9.99. The molecule has 0 spiro atoms. The number of fused-ring (bicyclic) bond motifs is 6. The van der Waals surface area contributed by atoms with Gasteiger partial charge in [-0.3, -0.25) is 0 Å². The zero-order chi connectivity index (χ0) is 16.3. The highest BCUT2D eigenvalue weighted by Crippen LogP contribution is 2.42. The van der Waals surface area contributed by atoms with Gasteiger partial charge in [-0.25, -0.2) is 0 Å². The molecule has 4 aromatic rings. The quantitative estimate of drug-likeness (QED) is 0.396. The van der Waals surface area contributed by atoms with Gasteiger partial charge in [-0.05, 0) is 29.7 Å². The van der Waals surface area contributed by atoms with E-state index in [9.17, 15) is 0 Å². The average Bonchev–Trinajstić information content (AvgIpc) is 3.06. The van der Waals surface area contributed by atoms with E-state index in [1.807, 2.05) is 6.07 Å². The molecule has 118 valence electrons. The monoisotopic (exact) mass is 318 g/mol. The molecule has 0 saturated heterocycles. The van der Waals surface area contributed by atoms with E-state index < -0.39 is 0 Å². The van der Waals surface area contributed by atoms with Gasteiger partial charge in [0.15, 0.2) is 17.7 Å². The third-order valence-corrected chi connectivity index (χ3v) is 4.71. The molecule has 4 heteroatoms. The van der Waals surface area contributed by atoms with Crippen molar-refractivity contribution in [2.75, 3.05) is 13.9 Å². The molecule has 5 rings (SSSR count). The van der Waals surface area contributed by atoms with E-state index in [0.29, 0.717) is 0 Å². The third kappa shape index (κ3) is 1.71. The van der Waals surface area contributed by atoms with Gasteiger partial charge < -0.3 is 14.2 Å². The summed E-state index contributed by atoms with van der Waals surface area (Å²) >= 11 is 0. The molecule has 0 unspecified atom stereocenters. The van der Waals surface area contributed by atoms with Crippen LogP contribution in [0.3, 0.4) is 0 Å². The first-order chi connectivity index (χ1) is 11.8. The maximum absolute atomic E-state index is 5.73. The molecule has 1 aliphatic rings. The molecule has 0 atom stereocenters. The summed E-state index contributed by atoms with van der Waals surface area (Å²) in [6.07, 6.45) is 2.15. The number of hydrogen-bond donors (Lipinski definition) is 0. The molecule has 24 heavy (non-hydrogen) atoms. The Morgan fingerprint density at radius 1 is 0.958 bits per heavy atom. The van der Waals surface area contributed by atoms with Gasteiger partial charge in [-0.15, -0.1) is 0 Å². The maximum atomic E-state index is 5.73. The van der Waals surface area contributed by atoms with Gasteiger partial charge in [0.1, 0.15) is 12.8 Å². The van der Waals surface area contributed by atoms with Gasteiger partial charge in [0.25, 0.3) is 0 Å². The molecule has 0 aliphatic carbocycles. The smallest absolute Gasteiger partial charge is 0.231 e. The van der Waals surface area contributed by atoms with Crippen molar-refractivity contribution in [3.8, 4) is 17.2 Å². The predicted octanol–water partition coefficient (Wildman–Crippen LogP) is 3.71. The number of hydrogen-bond acceptors (Lipinski definition) is 3. The van der Waals surface area contributed by atoms with Crippen LogP contribution in [0.15, 0.2) is 48.7 Å². The highest BCUT2D eigenvalue weighted by Gasteiger charge is 2.22. The lowest BCUT2D eigenvalue weighted by Gasteiger charge is -2.11. The van der Waals surface area contributed by atoms with Crippen LogP contribution < -0.4 is 18.8 Å². The van der Waals surface area contributed by atoms with Crippen molar-refractivity contribution in [2.45, 2.75) is 0 Å². The van der Waals surface area contributed by atoms with E-state index in [2.05, 4.69) is 54.2 Å². The summed E-state index contributed by atoms with van der Waals surface area (Å²) in [5, 5.41) is 5.69. The predicted molar refractivity (Wildman–Crippen MR) is 92.8 cm³/mol. The Bertz CT molecular complexity index is 1130.